The van der Waals surface area contributed by atoms with Crippen molar-refractivity contribution in [1.29, 1.82) is 0 Å². The summed E-state index contributed by atoms with van der Waals surface area (Å²) in [6, 6.07) is 27.9. The van der Waals surface area contributed by atoms with Crippen LogP contribution in [0.4, 0.5) is 10.3 Å². The molecule has 4 aromatic rings. The van der Waals surface area contributed by atoms with Gasteiger partial charge in [0.2, 0.25) is 5.95 Å². The van der Waals surface area contributed by atoms with E-state index in [2.05, 4.69) is 20.5 Å². The molecule has 0 unspecified atom stereocenters. The van der Waals surface area contributed by atoms with Crippen LogP contribution in [-0.2, 0) is 0 Å². The Kier molecular flexibility index (Phi) is 5.38. The first-order valence-electron chi connectivity index (χ1n) is 9.25. The molecule has 0 aliphatic heterocycles. The van der Waals surface area contributed by atoms with E-state index in [-0.39, 0.29) is 5.82 Å². The van der Waals surface area contributed by atoms with E-state index in [1.54, 1.807) is 12.1 Å². The van der Waals surface area contributed by atoms with Gasteiger partial charge in [0.15, 0.2) is 0 Å². The van der Waals surface area contributed by atoms with Gasteiger partial charge < -0.3 is 0 Å². The average Bonchev–Trinajstić information content (AvgIpc) is 2.79. The fraction of sp³-hybridized carbons (Fsp3) is 0.0417. The minimum atomic E-state index is -0.285. The number of hydrogen-bond acceptors (Lipinski definition) is 4. The van der Waals surface area contributed by atoms with Crippen LogP contribution >= 0.6 is 0 Å². The van der Waals surface area contributed by atoms with E-state index in [0.29, 0.717) is 11.6 Å². The van der Waals surface area contributed by atoms with Crippen LogP contribution in [0.25, 0.3) is 22.5 Å². The minimum Gasteiger partial charge on any atom is -0.245 e. The van der Waals surface area contributed by atoms with Crippen molar-refractivity contribution in [2.45, 2.75) is 6.92 Å². The monoisotopic (exact) mass is 382 g/mol. The Morgan fingerprint density at radius 1 is 0.759 bits per heavy atom. The molecule has 1 N–H and O–H groups in total. The topological polar surface area (TPSA) is 50.2 Å². The van der Waals surface area contributed by atoms with Crippen molar-refractivity contribution in [3.63, 3.8) is 0 Å². The van der Waals surface area contributed by atoms with Crippen LogP contribution in [0.5, 0.6) is 0 Å². The van der Waals surface area contributed by atoms with Gasteiger partial charge in [-0.3, -0.25) is 0 Å². The molecular weight excluding hydrogens is 363 g/mol. The number of benzene rings is 3. The Bertz CT molecular complexity index is 1120. The third-order valence-electron chi connectivity index (χ3n) is 4.45. The number of aromatic nitrogens is 2. The Morgan fingerprint density at radius 2 is 1.31 bits per heavy atom. The molecule has 1 heterocycles. The second-order valence-corrected chi connectivity index (χ2v) is 6.51. The Hall–Kier alpha value is -3.86. The molecule has 0 bridgehead atoms. The lowest BCUT2D eigenvalue weighted by atomic mass is 10.1. The zero-order chi connectivity index (χ0) is 20.1. The highest BCUT2D eigenvalue weighted by Gasteiger charge is 2.09. The Balaban J connectivity index is 1.72. The highest BCUT2D eigenvalue weighted by atomic mass is 19.1. The SMILES string of the molecule is C/C(=N/Nc1nc(-c2ccccc2)cc(-c2ccc(F)cc2)n1)c1ccccc1. The van der Waals surface area contributed by atoms with Crippen LogP contribution < -0.4 is 5.43 Å². The van der Waals surface area contributed by atoms with Crippen LogP contribution in [0.15, 0.2) is 96.1 Å². The highest BCUT2D eigenvalue weighted by molar-refractivity contribution is 5.98. The maximum Gasteiger partial charge on any atom is 0.244 e. The van der Waals surface area contributed by atoms with E-state index < -0.39 is 0 Å². The van der Waals surface area contributed by atoms with E-state index in [9.17, 15) is 4.39 Å². The number of hydrazone groups is 1. The van der Waals surface area contributed by atoms with Crippen LogP contribution in [0.2, 0.25) is 0 Å². The third-order valence-corrected chi connectivity index (χ3v) is 4.45. The maximum absolute atomic E-state index is 13.3. The molecule has 4 rings (SSSR count). The molecular formula is C24H19FN4. The summed E-state index contributed by atoms with van der Waals surface area (Å²) in [5.74, 6) is 0.0912. The summed E-state index contributed by atoms with van der Waals surface area (Å²) in [6.45, 7) is 1.92. The van der Waals surface area contributed by atoms with Crippen molar-refractivity contribution in [2.75, 3.05) is 5.43 Å². The zero-order valence-corrected chi connectivity index (χ0v) is 15.9. The molecule has 0 saturated heterocycles. The van der Waals surface area contributed by atoms with Gasteiger partial charge in [-0.05, 0) is 42.8 Å². The molecule has 0 aliphatic rings. The molecule has 5 heteroatoms. The Labute approximate surface area is 168 Å². The second kappa shape index (κ2) is 8.44. The molecule has 0 fully saturated rings. The molecule has 0 saturated carbocycles. The van der Waals surface area contributed by atoms with Crippen LogP contribution in [0.1, 0.15) is 12.5 Å². The van der Waals surface area contributed by atoms with Crippen LogP contribution in [-0.4, -0.2) is 15.7 Å². The molecule has 3 aromatic carbocycles. The van der Waals surface area contributed by atoms with E-state index in [4.69, 9.17) is 0 Å². The first-order chi connectivity index (χ1) is 14.2. The first-order valence-corrected chi connectivity index (χ1v) is 9.25. The van der Waals surface area contributed by atoms with Crippen LogP contribution in [0.3, 0.4) is 0 Å². The Morgan fingerprint density at radius 3 is 1.93 bits per heavy atom. The van der Waals surface area contributed by atoms with E-state index in [1.807, 2.05) is 73.7 Å². The van der Waals surface area contributed by atoms with E-state index in [0.717, 1.165) is 28.1 Å². The summed E-state index contributed by atoms with van der Waals surface area (Å²) >= 11 is 0. The summed E-state index contributed by atoms with van der Waals surface area (Å²) < 4.78 is 13.3. The number of nitrogens with one attached hydrogen (secondary N) is 1. The molecule has 1 aromatic heterocycles. The van der Waals surface area contributed by atoms with Gasteiger partial charge in [-0.1, -0.05) is 60.7 Å². The van der Waals surface area contributed by atoms with Crippen molar-refractivity contribution in [3.8, 4) is 22.5 Å². The van der Waals surface area contributed by atoms with Crippen molar-refractivity contribution in [2.24, 2.45) is 5.10 Å². The number of halogens is 1. The summed E-state index contributed by atoms with van der Waals surface area (Å²) in [5, 5.41) is 4.43. The van der Waals surface area contributed by atoms with Gasteiger partial charge in [-0.25, -0.2) is 19.8 Å². The fourth-order valence-corrected chi connectivity index (χ4v) is 2.90. The van der Waals surface area contributed by atoms with Gasteiger partial charge in [0.25, 0.3) is 0 Å². The molecule has 0 atom stereocenters. The van der Waals surface area contributed by atoms with Gasteiger partial charge in [0, 0.05) is 11.1 Å². The zero-order valence-electron chi connectivity index (χ0n) is 15.9. The van der Waals surface area contributed by atoms with Gasteiger partial charge in [0.1, 0.15) is 5.82 Å². The van der Waals surface area contributed by atoms with Crippen molar-refractivity contribution < 1.29 is 4.39 Å². The third kappa shape index (κ3) is 4.52. The van der Waals surface area contributed by atoms with Gasteiger partial charge in [-0.2, -0.15) is 5.10 Å². The molecule has 0 amide bonds. The van der Waals surface area contributed by atoms with E-state index >= 15 is 0 Å². The van der Waals surface area contributed by atoms with Gasteiger partial charge in [-0.15, -0.1) is 0 Å². The first kappa shape index (κ1) is 18.5. The number of nitrogens with zero attached hydrogens (tertiary/aromatic N) is 3. The lowest BCUT2D eigenvalue weighted by Gasteiger charge is -2.09. The van der Waals surface area contributed by atoms with Gasteiger partial charge in [0.05, 0.1) is 17.1 Å². The lowest BCUT2D eigenvalue weighted by Crippen LogP contribution is -2.03. The maximum atomic E-state index is 13.3. The molecule has 29 heavy (non-hydrogen) atoms. The summed E-state index contributed by atoms with van der Waals surface area (Å²) in [4.78, 5) is 9.18. The predicted molar refractivity (Wildman–Crippen MR) is 115 cm³/mol. The molecule has 0 radical (unpaired) electrons. The average molecular weight is 382 g/mol. The van der Waals surface area contributed by atoms with E-state index in [1.165, 1.54) is 12.1 Å². The molecule has 4 nitrogen and oxygen atoms in total. The number of rotatable bonds is 5. The summed E-state index contributed by atoms with van der Waals surface area (Å²) in [5.41, 5.74) is 8.01. The second-order valence-electron chi connectivity index (χ2n) is 6.51. The quantitative estimate of drug-likeness (QED) is 0.351. The van der Waals surface area contributed by atoms with Crippen LogP contribution in [0, 0.1) is 5.82 Å². The largest absolute Gasteiger partial charge is 0.245 e. The highest BCUT2D eigenvalue weighted by Crippen LogP contribution is 2.25. The summed E-state index contributed by atoms with van der Waals surface area (Å²) in [7, 11) is 0. The molecule has 142 valence electrons. The standard InChI is InChI=1S/C24H19FN4/c1-17(18-8-4-2-5-9-18)28-29-24-26-22(19-10-6-3-7-11-19)16-23(27-24)20-12-14-21(25)15-13-20/h2-16H,1H3,(H,26,27,29)/b28-17-. The van der Waals surface area contributed by atoms with Crippen molar-refractivity contribution in [3.05, 3.63) is 102 Å². The normalized spacial score (nSPS) is 11.3. The number of hydrogen-bond donors (Lipinski definition) is 1. The summed E-state index contributed by atoms with van der Waals surface area (Å²) in [6.07, 6.45) is 0. The predicted octanol–water partition coefficient (Wildman–Crippen LogP) is 5.79. The molecule has 0 spiro atoms. The smallest absolute Gasteiger partial charge is 0.244 e. The lowest BCUT2D eigenvalue weighted by molar-refractivity contribution is 0.628. The molecule has 0 aliphatic carbocycles. The van der Waals surface area contributed by atoms with Crippen molar-refractivity contribution >= 4 is 11.7 Å². The number of anilines is 1. The van der Waals surface area contributed by atoms with Gasteiger partial charge >= 0.3 is 0 Å². The minimum absolute atomic E-state index is 0.285. The fourth-order valence-electron chi connectivity index (χ4n) is 2.90. The van der Waals surface area contributed by atoms with Crippen molar-refractivity contribution in [1.82, 2.24) is 9.97 Å².